The van der Waals surface area contributed by atoms with E-state index in [1.165, 1.54) is 25.7 Å². The van der Waals surface area contributed by atoms with E-state index < -0.39 is 0 Å². The van der Waals surface area contributed by atoms with E-state index in [0.29, 0.717) is 19.3 Å². The van der Waals surface area contributed by atoms with Gasteiger partial charge in [-0.1, -0.05) is 6.42 Å². The Balaban J connectivity index is 1.71. The van der Waals surface area contributed by atoms with E-state index in [4.69, 9.17) is 4.74 Å². The number of aromatic nitrogens is 2. The van der Waals surface area contributed by atoms with E-state index in [0.717, 1.165) is 29.3 Å². The fourth-order valence-electron chi connectivity index (χ4n) is 3.57. The van der Waals surface area contributed by atoms with Crippen molar-refractivity contribution in [2.75, 3.05) is 24.3 Å². The van der Waals surface area contributed by atoms with Crippen molar-refractivity contribution in [2.24, 2.45) is 11.8 Å². The Morgan fingerprint density at radius 3 is 2.75 bits per heavy atom. The number of rotatable bonds is 6. The molecule has 3 atom stereocenters. The summed E-state index contributed by atoms with van der Waals surface area (Å²) in [5.41, 5.74) is 0. The van der Waals surface area contributed by atoms with Crippen molar-refractivity contribution in [3.8, 4) is 0 Å². The van der Waals surface area contributed by atoms with Gasteiger partial charge >= 0.3 is 0 Å². The molecule has 2 aliphatic rings. The molecular weight excluding hydrogens is 252 g/mol. The van der Waals surface area contributed by atoms with Crippen LogP contribution in [0.5, 0.6) is 0 Å². The number of hydrogen-bond acceptors (Lipinski definition) is 5. The number of anilines is 2. The molecule has 0 amide bonds. The summed E-state index contributed by atoms with van der Waals surface area (Å²) in [6, 6.07) is 2.58. The minimum Gasteiger partial charge on any atom is -0.374 e. The van der Waals surface area contributed by atoms with E-state index in [-0.39, 0.29) is 0 Å². The van der Waals surface area contributed by atoms with Gasteiger partial charge in [0.1, 0.15) is 18.2 Å². The second-order valence-electron chi connectivity index (χ2n) is 5.87. The molecule has 5 heteroatoms. The first-order chi connectivity index (χ1) is 9.78. The Morgan fingerprint density at radius 1 is 1.25 bits per heavy atom. The molecule has 20 heavy (non-hydrogen) atoms. The van der Waals surface area contributed by atoms with Gasteiger partial charge in [-0.05, 0) is 38.0 Å². The minimum atomic E-state index is 0.470. The zero-order chi connectivity index (χ0) is 13.9. The van der Waals surface area contributed by atoms with Crippen LogP contribution in [-0.4, -0.2) is 29.7 Å². The molecular formula is C15H24N4O. The number of nitrogens with one attached hydrogen (secondary N) is 2. The van der Waals surface area contributed by atoms with Crippen molar-refractivity contribution in [2.45, 2.75) is 45.3 Å². The highest BCUT2D eigenvalue weighted by Crippen LogP contribution is 2.45. The molecule has 0 radical (unpaired) electrons. The van der Waals surface area contributed by atoms with Crippen molar-refractivity contribution in [1.82, 2.24) is 9.97 Å². The van der Waals surface area contributed by atoms with Crippen LogP contribution in [0.4, 0.5) is 11.6 Å². The second kappa shape index (κ2) is 5.95. The lowest BCUT2D eigenvalue weighted by Crippen LogP contribution is -2.26. The lowest BCUT2D eigenvalue weighted by Gasteiger charge is -2.23. The zero-order valence-electron chi connectivity index (χ0n) is 12.4. The molecule has 0 spiro atoms. The lowest BCUT2D eigenvalue weighted by atomic mass is 9.95. The number of fused-ring (bicyclic) bond motifs is 2. The van der Waals surface area contributed by atoms with Gasteiger partial charge in [0.25, 0.3) is 0 Å². The first-order valence-electron chi connectivity index (χ1n) is 7.68. The highest BCUT2D eigenvalue weighted by atomic mass is 16.5. The van der Waals surface area contributed by atoms with Crippen molar-refractivity contribution >= 4 is 11.6 Å². The van der Waals surface area contributed by atoms with Crippen LogP contribution in [0.1, 0.15) is 38.4 Å². The van der Waals surface area contributed by atoms with Gasteiger partial charge in [0, 0.05) is 25.8 Å². The smallest absolute Gasteiger partial charge is 0.158 e. The maximum atomic E-state index is 5.41. The van der Waals surface area contributed by atoms with Crippen molar-refractivity contribution < 1.29 is 4.74 Å². The van der Waals surface area contributed by atoms with E-state index in [2.05, 4.69) is 20.6 Å². The fourth-order valence-corrected chi connectivity index (χ4v) is 3.57. The van der Waals surface area contributed by atoms with Crippen LogP contribution in [0.25, 0.3) is 0 Å². The highest BCUT2D eigenvalue weighted by molar-refractivity contribution is 5.48. The average Bonchev–Trinajstić information content (AvgIpc) is 3.07. The Hall–Kier alpha value is -1.36. The van der Waals surface area contributed by atoms with E-state index >= 15 is 0 Å². The summed E-state index contributed by atoms with van der Waals surface area (Å²) in [4.78, 5) is 9.00. The molecule has 2 aliphatic carbocycles. The maximum absolute atomic E-state index is 5.41. The Labute approximate surface area is 120 Å². The number of nitrogens with zero attached hydrogens (tertiary/aromatic N) is 2. The van der Waals surface area contributed by atoms with Crippen LogP contribution in [-0.2, 0) is 11.3 Å². The van der Waals surface area contributed by atoms with Gasteiger partial charge in [0.2, 0.25) is 0 Å². The van der Waals surface area contributed by atoms with Gasteiger partial charge in [0.05, 0.1) is 0 Å². The van der Waals surface area contributed by atoms with Crippen LogP contribution < -0.4 is 10.6 Å². The summed E-state index contributed by atoms with van der Waals surface area (Å²) < 4.78 is 5.41. The molecule has 2 N–H and O–H groups in total. The predicted octanol–water partition coefficient (Wildman–Crippen LogP) is 2.66. The first-order valence-corrected chi connectivity index (χ1v) is 7.68. The summed E-state index contributed by atoms with van der Waals surface area (Å²) in [5, 5.41) is 6.71. The largest absolute Gasteiger partial charge is 0.374 e. The molecule has 2 bridgehead atoms. The lowest BCUT2D eigenvalue weighted by molar-refractivity contribution is 0.128. The predicted molar refractivity (Wildman–Crippen MR) is 79.8 cm³/mol. The molecule has 0 aliphatic heterocycles. The summed E-state index contributed by atoms with van der Waals surface area (Å²) in [7, 11) is 1.88. The molecule has 1 heterocycles. The molecule has 1 aromatic rings. The normalized spacial score (nSPS) is 27.8. The summed E-state index contributed by atoms with van der Waals surface area (Å²) in [6.07, 6.45) is 5.49. The molecule has 3 rings (SSSR count). The number of hydrogen-bond donors (Lipinski definition) is 2. The van der Waals surface area contributed by atoms with Crippen molar-refractivity contribution in [1.29, 1.82) is 0 Å². The van der Waals surface area contributed by atoms with Crippen LogP contribution in [0.3, 0.4) is 0 Å². The Morgan fingerprint density at radius 2 is 2.10 bits per heavy atom. The number of ether oxygens (including phenoxy) is 1. The third-order valence-electron chi connectivity index (χ3n) is 4.54. The van der Waals surface area contributed by atoms with Crippen LogP contribution in [0.15, 0.2) is 6.07 Å². The standard InChI is InChI=1S/C15H24N4O/c1-3-20-9-15-18-13(16-2)8-14(19-15)17-12-7-10-4-5-11(12)6-10/h8,10-12H,3-7,9H2,1-2H3,(H2,16,17,18,19). The average molecular weight is 276 g/mol. The van der Waals surface area contributed by atoms with Gasteiger partial charge in [-0.2, -0.15) is 0 Å². The van der Waals surface area contributed by atoms with Crippen LogP contribution in [0, 0.1) is 11.8 Å². The van der Waals surface area contributed by atoms with Crippen LogP contribution >= 0.6 is 0 Å². The molecule has 0 aromatic carbocycles. The Bertz CT molecular complexity index is 465. The van der Waals surface area contributed by atoms with Gasteiger partial charge in [0.15, 0.2) is 5.82 Å². The van der Waals surface area contributed by atoms with Gasteiger partial charge < -0.3 is 15.4 Å². The van der Waals surface area contributed by atoms with Crippen molar-refractivity contribution in [3.05, 3.63) is 11.9 Å². The monoisotopic (exact) mass is 276 g/mol. The summed E-state index contributed by atoms with van der Waals surface area (Å²) in [5.74, 6) is 4.29. The Kier molecular flexibility index (Phi) is 4.05. The topological polar surface area (TPSA) is 59.1 Å². The highest BCUT2D eigenvalue weighted by Gasteiger charge is 2.39. The third kappa shape index (κ3) is 2.87. The third-order valence-corrected chi connectivity index (χ3v) is 4.54. The van der Waals surface area contributed by atoms with E-state index in [1.807, 2.05) is 20.0 Å². The molecule has 5 nitrogen and oxygen atoms in total. The molecule has 1 aromatic heterocycles. The summed E-state index contributed by atoms with van der Waals surface area (Å²) in [6.45, 7) is 3.13. The first kappa shape index (κ1) is 13.6. The molecule has 2 saturated carbocycles. The summed E-state index contributed by atoms with van der Waals surface area (Å²) >= 11 is 0. The van der Waals surface area contributed by atoms with Gasteiger partial charge in [-0.25, -0.2) is 9.97 Å². The quantitative estimate of drug-likeness (QED) is 0.836. The van der Waals surface area contributed by atoms with E-state index in [1.54, 1.807) is 0 Å². The molecule has 2 fully saturated rings. The molecule has 110 valence electrons. The SMILES string of the molecule is CCOCc1nc(NC)cc(NC2CC3CCC2C3)n1. The van der Waals surface area contributed by atoms with Crippen LogP contribution in [0.2, 0.25) is 0 Å². The van der Waals surface area contributed by atoms with Gasteiger partial charge in [-0.3, -0.25) is 0 Å². The fraction of sp³-hybridized carbons (Fsp3) is 0.733. The second-order valence-corrected chi connectivity index (χ2v) is 5.87. The van der Waals surface area contributed by atoms with Crippen molar-refractivity contribution in [3.63, 3.8) is 0 Å². The molecule has 3 unspecified atom stereocenters. The maximum Gasteiger partial charge on any atom is 0.158 e. The molecule has 0 saturated heterocycles. The zero-order valence-corrected chi connectivity index (χ0v) is 12.4. The minimum absolute atomic E-state index is 0.470. The van der Waals surface area contributed by atoms with E-state index in [9.17, 15) is 0 Å². The van der Waals surface area contributed by atoms with Gasteiger partial charge in [-0.15, -0.1) is 0 Å².